The molecule has 0 bridgehead atoms. The zero-order valence-corrected chi connectivity index (χ0v) is 16.0. The number of amides is 1. The van der Waals surface area contributed by atoms with Crippen molar-refractivity contribution in [2.75, 3.05) is 14.1 Å². The van der Waals surface area contributed by atoms with E-state index in [9.17, 15) is 9.18 Å². The summed E-state index contributed by atoms with van der Waals surface area (Å²) >= 11 is 0. The van der Waals surface area contributed by atoms with Crippen molar-refractivity contribution < 1.29 is 9.18 Å². The van der Waals surface area contributed by atoms with E-state index in [1.165, 1.54) is 6.07 Å². The third kappa shape index (κ3) is 7.97. The van der Waals surface area contributed by atoms with Gasteiger partial charge in [-0.1, -0.05) is 26.8 Å². The number of carbonyl (C=O) groups excluding carboxylic acids is 1. The second-order valence-corrected chi connectivity index (χ2v) is 6.73. The van der Waals surface area contributed by atoms with Crippen LogP contribution in [0, 0.1) is 11.2 Å². The van der Waals surface area contributed by atoms with Crippen molar-refractivity contribution >= 4 is 30.7 Å². The molecule has 0 fully saturated rings. The number of benzene rings is 1. The van der Waals surface area contributed by atoms with Crippen molar-refractivity contribution in [2.24, 2.45) is 11.1 Å². The van der Waals surface area contributed by atoms with Crippen molar-refractivity contribution in [1.82, 2.24) is 10.2 Å². The lowest BCUT2D eigenvalue weighted by Crippen LogP contribution is -2.48. The minimum Gasteiger partial charge on any atom is -0.351 e. The second-order valence-electron chi connectivity index (χ2n) is 6.73. The van der Waals surface area contributed by atoms with Crippen molar-refractivity contribution in [3.8, 4) is 0 Å². The Morgan fingerprint density at radius 3 is 2.35 bits per heavy atom. The maximum atomic E-state index is 13.7. The Balaban J connectivity index is 0. The third-order valence-corrected chi connectivity index (χ3v) is 3.28. The third-order valence-electron chi connectivity index (χ3n) is 3.28. The van der Waals surface area contributed by atoms with Gasteiger partial charge in [-0.3, -0.25) is 4.79 Å². The van der Waals surface area contributed by atoms with Gasteiger partial charge in [-0.25, -0.2) is 4.39 Å². The molecule has 0 unspecified atom stereocenters. The minimum atomic E-state index is -0.570. The topological polar surface area (TPSA) is 58.4 Å². The molecule has 0 saturated heterocycles. The van der Waals surface area contributed by atoms with Crippen molar-refractivity contribution in [1.29, 1.82) is 0 Å². The molecule has 23 heavy (non-hydrogen) atoms. The molecule has 0 aromatic heterocycles. The highest BCUT2D eigenvalue weighted by molar-refractivity contribution is 5.85. The first-order chi connectivity index (χ1) is 9.61. The predicted molar refractivity (Wildman–Crippen MR) is 97.6 cm³/mol. The zero-order chi connectivity index (χ0) is 16.2. The number of rotatable bonds is 5. The second kappa shape index (κ2) is 10.1. The fraction of sp³-hybridized carbons (Fsp3) is 0.562. The van der Waals surface area contributed by atoms with E-state index < -0.39 is 6.04 Å². The maximum absolute atomic E-state index is 13.7. The molecule has 3 N–H and O–H groups in total. The molecule has 0 radical (unpaired) electrons. The number of nitrogens with two attached hydrogens (primary N) is 1. The number of carbonyl (C=O) groups is 1. The molecule has 0 aliphatic carbocycles. The van der Waals surface area contributed by atoms with E-state index in [0.29, 0.717) is 18.7 Å². The highest BCUT2D eigenvalue weighted by atomic mass is 35.5. The summed E-state index contributed by atoms with van der Waals surface area (Å²) in [5, 5.41) is 2.81. The fourth-order valence-electron chi connectivity index (χ4n) is 1.89. The average molecular weight is 368 g/mol. The molecule has 0 saturated carbocycles. The summed E-state index contributed by atoms with van der Waals surface area (Å²) in [7, 11) is 3.77. The van der Waals surface area contributed by atoms with Gasteiger partial charge >= 0.3 is 0 Å². The molecule has 134 valence electrons. The first-order valence-electron chi connectivity index (χ1n) is 7.06. The summed E-state index contributed by atoms with van der Waals surface area (Å²) in [6.07, 6.45) is 0. The van der Waals surface area contributed by atoms with Gasteiger partial charge in [-0.15, -0.1) is 24.8 Å². The molecule has 1 amide bonds. The first-order valence-corrected chi connectivity index (χ1v) is 7.06. The lowest BCUT2D eigenvalue weighted by atomic mass is 9.87. The van der Waals surface area contributed by atoms with Gasteiger partial charge in [-0.05, 0) is 37.2 Å². The maximum Gasteiger partial charge on any atom is 0.237 e. The van der Waals surface area contributed by atoms with Crippen LogP contribution in [0.1, 0.15) is 31.9 Å². The fourth-order valence-corrected chi connectivity index (χ4v) is 1.89. The van der Waals surface area contributed by atoms with Crippen molar-refractivity contribution in [3.63, 3.8) is 0 Å². The molecule has 1 aromatic rings. The van der Waals surface area contributed by atoms with Gasteiger partial charge in [0.2, 0.25) is 5.91 Å². The number of nitrogens with zero attached hydrogens (tertiary/aromatic N) is 1. The lowest BCUT2D eigenvalue weighted by Gasteiger charge is -2.25. The van der Waals surface area contributed by atoms with Gasteiger partial charge in [0, 0.05) is 18.7 Å². The number of hydrogen-bond donors (Lipinski definition) is 2. The molecule has 0 aliphatic rings. The van der Waals surface area contributed by atoms with Crippen LogP contribution in [0.2, 0.25) is 0 Å². The molecular weight excluding hydrogens is 340 g/mol. The van der Waals surface area contributed by atoms with Crippen LogP contribution in [0.4, 0.5) is 4.39 Å². The average Bonchev–Trinajstić information content (AvgIpc) is 2.36. The van der Waals surface area contributed by atoms with E-state index in [4.69, 9.17) is 5.73 Å². The molecule has 1 rings (SSSR count). The van der Waals surface area contributed by atoms with E-state index >= 15 is 0 Å². The molecule has 0 aliphatic heterocycles. The summed E-state index contributed by atoms with van der Waals surface area (Å²) in [5.41, 5.74) is 7.09. The molecule has 7 heteroatoms. The van der Waals surface area contributed by atoms with E-state index in [-0.39, 0.29) is 42.0 Å². The summed E-state index contributed by atoms with van der Waals surface area (Å²) in [5.74, 6) is -0.425. The lowest BCUT2D eigenvalue weighted by molar-refractivity contribution is -0.124. The Kier molecular flexibility index (Phi) is 10.7. The van der Waals surface area contributed by atoms with Crippen LogP contribution in [-0.4, -0.2) is 30.9 Å². The Bertz CT molecular complexity index is 505. The summed E-state index contributed by atoms with van der Waals surface area (Å²) in [4.78, 5) is 13.9. The van der Waals surface area contributed by atoms with Crippen LogP contribution in [0.15, 0.2) is 18.2 Å². The number of hydrogen-bond acceptors (Lipinski definition) is 3. The predicted octanol–water partition coefficient (Wildman–Crippen LogP) is 2.72. The highest BCUT2D eigenvalue weighted by Crippen LogP contribution is 2.17. The molecule has 1 atom stereocenters. The molecule has 0 spiro atoms. The summed E-state index contributed by atoms with van der Waals surface area (Å²) in [6.45, 7) is 6.64. The Hall–Kier alpha value is -0.880. The van der Waals surface area contributed by atoms with Crippen LogP contribution in [0.5, 0.6) is 0 Å². The largest absolute Gasteiger partial charge is 0.351 e. The SMILES string of the molecule is CN(C)Cc1cc(CNC(=O)[C@@H](N)C(C)(C)C)ccc1F.Cl.Cl. The van der Waals surface area contributed by atoms with Crippen LogP contribution in [-0.2, 0) is 17.9 Å². The normalized spacial score (nSPS) is 12.2. The molecule has 4 nitrogen and oxygen atoms in total. The molecule has 1 aromatic carbocycles. The van der Waals surface area contributed by atoms with Crippen LogP contribution in [0.25, 0.3) is 0 Å². The van der Waals surface area contributed by atoms with Crippen LogP contribution in [0.3, 0.4) is 0 Å². The summed E-state index contributed by atoms with van der Waals surface area (Å²) in [6, 6.07) is 4.32. The summed E-state index contributed by atoms with van der Waals surface area (Å²) < 4.78 is 13.7. The molecular formula is C16H28Cl2FN3O. The zero-order valence-electron chi connectivity index (χ0n) is 14.4. The standard InChI is InChI=1S/C16H26FN3O.2ClH/c1-16(2,3)14(18)15(21)19-9-11-6-7-13(17)12(8-11)10-20(4)5;;/h6-8,14H,9-10,18H2,1-5H3,(H,19,21);2*1H/t14-;;/m1../s1. The Labute approximate surface area is 150 Å². The van der Waals surface area contributed by atoms with Crippen LogP contribution >= 0.6 is 24.8 Å². The van der Waals surface area contributed by atoms with Gasteiger partial charge in [-0.2, -0.15) is 0 Å². The number of nitrogens with one attached hydrogen (secondary N) is 1. The Morgan fingerprint density at radius 1 is 1.30 bits per heavy atom. The minimum absolute atomic E-state index is 0. The monoisotopic (exact) mass is 367 g/mol. The van der Waals surface area contributed by atoms with Crippen molar-refractivity contribution in [3.05, 3.63) is 35.1 Å². The first kappa shape index (κ1) is 24.4. The van der Waals surface area contributed by atoms with Crippen molar-refractivity contribution in [2.45, 2.75) is 39.9 Å². The van der Waals surface area contributed by atoms with Gasteiger partial charge in [0.25, 0.3) is 0 Å². The van der Waals surface area contributed by atoms with E-state index in [1.807, 2.05) is 39.8 Å². The van der Waals surface area contributed by atoms with Gasteiger partial charge in [0.15, 0.2) is 0 Å². The quantitative estimate of drug-likeness (QED) is 0.840. The number of halogens is 3. The van der Waals surface area contributed by atoms with E-state index in [2.05, 4.69) is 5.32 Å². The van der Waals surface area contributed by atoms with Gasteiger partial charge in [0.05, 0.1) is 6.04 Å². The van der Waals surface area contributed by atoms with E-state index in [0.717, 1.165) is 5.56 Å². The van der Waals surface area contributed by atoms with Gasteiger partial charge < -0.3 is 16.0 Å². The molecule has 0 heterocycles. The Morgan fingerprint density at radius 2 is 1.87 bits per heavy atom. The van der Waals surface area contributed by atoms with E-state index in [1.54, 1.807) is 12.1 Å². The smallest absolute Gasteiger partial charge is 0.237 e. The van der Waals surface area contributed by atoms with Gasteiger partial charge in [0.1, 0.15) is 5.82 Å². The van der Waals surface area contributed by atoms with Crippen LogP contribution < -0.4 is 11.1 Å². The highest BCUT2D eigenvalue weighted by Gasteiger charge is 2.27.